The Morgan fingerprint density at radius 1 is 1.60 bits per heavy atom. The van der Waals surface area contributed by atoms with Gasteiger partial charge in [0.15, 0.2) is 0 Å². The third-order valence-electron chi connectivity index (χ3n) is 2.31. The number of nitrogens with zero attached hydrogens (tertiary/aromatic N) is 1. The topological polar surface area (TPSA) is 29.5 Å². The number of aryl methyl sites for hydroxylation is 1. The Kier molecular flexibility index (Phi) is 4.78. The van der Waals surface area contributed by atoms with Gasteiger partial charge < -0.3 is 9.64 Å². The minimum absolute atomic E-state index is 0.148. The number of hydrogen-bond acceptors (Lipinski definition) is 4. The molecule has 0 aliphatic rings. The van der Waals surface area contributed by atoms with Crippen LogP contribution in [-0.2, 0) is 16.1 Å². The largest absolute Gasteiger partial charge is 0.469 e. The van der Waals surface area contributed by atoms with Gasteiger partial charge in [-0.3, -0.25) is 4.79 Å². The first-order valence-corrected chi connectivity index (χ1v) is 5.79. The maximum absolute atomic E-state index is 10.9. The first kappa shape index (κ1) is 12.2. The number of methoxy groups -OCH3 is 1. The number of ether oxygens (including phenoxy) is 1. The van der Waals surface area contributed by atoms with E-state index in [0.717, 1.165) is 13.1 Å². The highest BCUT2D eigenvalue weighted by Gasteiger charge is 2.07. The molecular formula is C11H17NO2S. The fourth-order valence-corrected chi connectivity index (χ4v) is 2.26. The summed E-state index contributed by atoms with van der Waals surface area (Å²) in [6.07, 6.45) is 0.456. The predicted octanol–water partition coefficient (Wildman–Crippen LogP) is 2.05. The van der Waals surface area contributed by atoms with Gasteiger partial charge in [-0.2, -0.15) is 0 Å². The van der Waals surface area contributed by atoms with Crippen LogP contribution in [-0.4, -0.2) is 31.6 Å². The molecule has 0 unspecified atom stereocenters. The van der Waals surface area contributed by atoms with Gasteiger partial charge in [-0.15, -0.1) is 11.3 Å². The van der Waals surface area contributed by atoms with Crippen molar-refractivity contribution in [2.24, 2.45) is 0 Å². The summed E-state index contributed by atoms with van der Waals surface area (Å²) in [6, 6.07) is 2.12. The summed E-state index contributed by atoms with van der Waals surface area (Å²) in [4.78, 5) is 14.4. The van der Waals surface area contributed by atoms with Gasteiger partial charge in [-0.25, -0.2) is 0 Å². The van der Waals surface area contributed by atoms with E-state index in [1.165, 1.54) is 17.6 Å². The van der Waals surface area contributed by atoms with Crippen LogP contribution in [0.3, 0.4) is 0 Å². The van der Waals surface area contributed by atoms with E-state index in [1.54, 1.807) is 11.3 Å². The molecule has 0 bridgehead atoms. The molecule has 4 heteroatoms. The third kappa shape index (κ3) is 4.01. The molecule has 0 N–H and O–H groups in total. The molecule has 0 saturated carbocycles. The van der Waals surface area contributed by atoms with Crippen LogP contribution in [0.4, 0.5) is 0 Å². The van der Waals surface area contributed by atoms with Crippen molar-refractivity contribution in [2.75, 3.05) is 20.7 Å². The number of rotatable bonds is 5. The van der Waals surface area contributed by atoms with Gasteiger partial charge in [-0.1, -0.05) is 0 Å². The summed E-state index contributed by atoms with van der Waals surface area (Å²) in [5.74, 6) is -0.148. The van der Waals surface area contributed by atoms with E-state index >= 15 is 0 Å². The molecule has 84 valence electrons. The molecule has 3 nitrogen and oxygen atoms in total. The van der Waals surface area contributed by atoms with Gasteiger partial charge in [0.05, 0.1) is 13.5 Å². The fraction of sp³-hybridized carbons (Fsp3) is 0.545. The molecule has 1 rings (SSSR count). The Hall–Kier alpha value is -0.870. The van der Waals surface area contributed by atoms with Crippen molar-refractivity contribution in [1.82, 2.24) is 4.90 Å². The Morgan fingerprint density at radius 2 is 2.33 bits per heavy atom. The molecule has 0 aromatic carbocycles. The fourth-order valence-electron chi connectivity index (χ4n) is 1.27. The molecule has 15 heavy (non-hydrogen) atoms. The van der Waals surface area contributed by atoms with Gasteiger partial charge in [0.2, 0.25) is 0 Å². The quantitative estimate of drug-likeness (QED) is 0.721. The van der Waals surface area contributed by atoms with Crippen molar-refractivity contribution in [1.29, 1.82) is 0 Å². The molecule has 0 aliphatic carbocycles. The zero-order valence-electron chi connectivity index (χ0n) is 9.45. The molecule has 0 atom stereocenters. The summed E-state index contributed by atoms with van der Waals surface area (Å²) < 4.78 is 4.60. The van der Waals surface area contributed by atoms with E-state index < -0.39 is 0 Å². The number of thiophene rings is 1. The highest BCUT2D eigenvalue weighted by atomic mass is 32.1. The minimum Gasteiger partial charge on any atom is -0.469 e. The monoisotopic (exact) mass is 227 g/mol. The lowest BCUT2D eigenvalue weighted by molar-refractivity contribution is -0.140. The zero-order valence-corrected chi connectivity index (χ0v) is 10.3. The van der Waals surface area contributed by atoms with Gasteiger partial charge in [0, 0.05) is 18.0 Å². The molecule has 0 fully saturated rings. The Morgan fingerprint density at radius 3 is 2.87 bits per heavy atom. The average Bonchev–Trinajstić information content (AvgIpc) is 2.61. The molecule has 0 radical (unpaired) electrons. The van der Waals surface area contributed by atoms with Gasteiger partial charge in [-0.05, 0) is 31.0 Å². The normalized spacial score (nSPS) is 10.7. The lowest BCUT2D eigenvalue weighted by Crippen LogP contribution is -2.21. The maximum Gasteiger partial charge on any atom is 0.306 e. The minimum atomic E-state index is -0.148. The lowest BCUT2D eigenvalue weighted by Gasteiger charge is -2.15. The van der Waals surface area contributed by atoms with Crippen molar-refractivity contribution < 1.29 is 9.53 Å². The average molecular weight is 227 g/mol. The van der Waals surface area contributed by atoms with Crippen molar-refractivity contribution in [3.8, 4) is 0 Å². The van der Waals surface area contributed by atoms with Crippen LogP contribution in [0.1, 0.15) is 16.9 Å². The second kappa shape index (κ2) is 5.88. The van der Waals surface area contributed by atoms with Crippen LogP contribution >= 0.6 is 11.3 Å². The first-order valence-electron chi connectivity index (χ1n) is 4.92. The number of esters is 1. The summed E-state index contributed by atoms with van der Waals surface area (Å²) in [6.45, 7) is 3.75. The van der Waals surface area contributed by atoms with Crippen LogP contribution < -0.4 is 0 Å². The summed E-state index contributed by atoms with van der Waals surface area (Å²) in [5, 5.41) is 2.10. The summed E-state index contributed by atoms with van der Waals surface area (Å²) in [7, 11) is 3.44. The highest BCUT2D eigenvalue weighted by Crippen LogP contribution is 2.17. The Labute approximate surface area is 94.7 Å². The van der Waals surface area contributed by atoms with E-state index in [0.29, 0.717) is 6.42 Å². The van der Waals surface area contributed by atoms with Crippen molar-refractivity contribution >= 4 is 17.3 Å². The van der Waals surface area contributed by atoms with Crippen LogP contribution in [0.25, 0.3) is 0 Å². The zero-order chi connectivity index (χ0) is 11.3. The number of carbonyl (C=O) groups excluding carboxylic acids is 1. The van der Waals surface area contributed by atoms with Crippen molar-refractivity contribution in [3.63, 3.8) is 0 Å². The van der Waals surface area contributed by atoms with E-state index in [-0.39, 0.29) is 5.97 Å². The molecule has 1 aromatic heterocycles. The van der Waals surface area contributed by atoms with E-state index in [2.05, 4.69) is 28.0 Å². The molecule has 0 spiro atoms. The number of hydrogen-bond donors (Lipinski definition) is 0. The summed E-state index contributed by atoms with van der Waals surface area (Å²) >= 11 is 1.76. The van der Waals surface area contributed by atoms with Crippen LogP contribution in [0.15, 0.2) is 11.4 Å². The Balaban J connectivity index is 2.33. The highest BCUT2D eigenvalue weighted by molar-refractivity contribution is 7.10. The second-order valence-corrected chi connectivity index (χ2v) is 4.59. The van der Waals surface area contributed by atoms with Gasteiger partial charge >= 0.3 is 5.97 Å². The standard InChI is InChI=1S/C11H17NO2S/c1-9-5-7-15-10(9)8-12(2)6-4-11(13)14-3/h5,7H,4,6,8H2,1-3H3. The van der Waals surface area contributed by atoms with Crippen molar-refractivity contribution in [2.45, 2.75) is 19.9 Å². The predicted molar refractivity (Wildman–Crippen MR) is 62.0 cm³/mol. The van der Waals surface area contributed by atoms with Crippen LogP contribution in [0, 0.1) is 6.92 Å². The molecular weight excluding hydrogens is 210 g/mol. The maximum atomic E-state index is 10.9. The first-order chi connectivity index (χ1) is 7.13. The molecule has 1 aromatic rings. The van der Waals surface area contributed by atoms with Gasteiger partial charge in [0.1, 0.15) is 0 Å². The van der Waals surface area contributed by atoms with Crippen LogP contribution in [0.2, 0.25) is 0 Å². The second-order valence-electron chi connectivity index (χ2n) is 3.59. The lowest BCUT2D eigenvalue weighted by atomic mass is 10.3. The molecule has 0 aliphatic heterocycles. The Bertz CT molecular complexity index is 322. The van der Waals surface area contributed by atoms with E-state index in [4.69, 9.17) is 0 Å². The van der Waals surface area contributed by atoms with E-state index in [9.17, 15) is 4.79 Å². The summed E-state index contributed by atoms with van der Waals surface area (Å²) in [5.41, 5.74) is 1.32. The molecule has 0 saturated heterocycles. The van der Waals surface area contributed by atoms with Crippen LogP contribution in [0.5, 0.6) is 0 Å². The third-order valence-corrected chi connectivity index (χ3v) is 3.31. The number of carbonyl (C=O) groups is 1. The SMILES string of the molecule is COC(=O)CCN(C)Cc1sccc1C. The molecule has 1 heterocycles. The van der Waals surface area contributed by atoms with E-state index in [1.807, 2.05) is 7.05 Å². The molecule has 0 amide bonds. The van der Waals surface area contributed by atoms with Gasteiger partial charge in [0.25, 0.3) is 0 Å². The van der Waals surface area contributed by atoms with Crippen molar-refractivity contribution in [3.05, 3.63) is 21.9 Å². The smallest absolute Gasteiger partial charge is 0.306 e.